The number of nitrogens with one attached hydrogen (secondary N) is 2. The molecule has 27 heavy (non-hydrogen) atoms. The van der Waals surface area contributed by atoms with Crippen LogP contribution in [0.3, 0.4) is 0 Å². The zero-order valence-electron chi connectivity index (χ0n) is 15.6. The molecule has 0 aliphatic heterocycles. The van der Waals surface area contributed by atoms with Crippen molar-refractivity contribution < 1.29 is 18.3 Å². The van der Waals surface area contributed by atoms with Gasteiger partial charge in [-0.05, 0) is 31.5 Å². The van der Waals surface area contributed by atoms with Gasteiger partial charge >= 0.3 is 6.61 Å². The number of aromatic nitrogens is 1. The monoisotopic (exact) mass is 398 g/mol. The molecule has 1 aromatic carbocycles. The predicted molar refractivity (Wildman–Crippen MR) is 103 cm³/mol. The molecule has 0 fully saturated rings. The van der Waals surface area contributed by atoms with E-state index in [9.17, 15) is 8.78 Å². The Kier molecular flexibility index (Phi) is 8.25. The van der Waals surface area contributed by atoms with Gasteiger partial charge in [-0.1, -0.05) is 6.07 Å². The minimum absolute atomic E-state index is 0.00250. The molecular formula is C18H24F2N4O2S. The lowest BCUT2D eigenvalue weighted by atomic mass is 10.2. The van der Waals surface area contributed by atoms with Crippen molar-refractivity contribution in [1.82, 2.24) is 15.6 Å². The highest BCUT2D eigenvalue weighted by molar-refractivity contribution is 7.11. The van der Waals surface area contributed by atoms with Crippen molar-refractivity contribution in [3.05, 3.63) is 39.8 Å². The van der Waals surface area contributed by atoms with E-state index in [2.05, 4.69) is 25.3 Å². The van der Waals surface area contributed by atoms with Crippen LogP contribution in [0, 0.1) is 6.92 Å². The number of thiazole rings is 1. The summed E-state index contributed by atoms with van der Waals surface area (Å²) in [6.45, 7) is 2.82. The Morgan fingerprint density at radius 2 is 2.11 bits per heavy atom. The lowest BCUT2D eigenvalue weighted by Gasteiger charge is -2.12. The van der Waals surface area contributed by atoms with E-state index in [0.717, 1.165) is 17.0 Å². The molecule has 0 radical (unpaired) electrons. The van der Waals surface area contributed by atoms with Crippen LogP contribution in [-0.4, -0.2) is 37.8 Å². The van der Waals surface area contributed by atoms with Gasteiger partial charge in [0, 0.05) is 30.6 Å². The van der Waals surface area contributed by atoms with Crippen LogP contribution in [0.25, 0.3) is 0 Å². The first kappa shape index (κ1) is 20.9. The number of methoxy groups -OCH3 is 1. The van der Waals surface area contributed by atoms with E-state index in [4.69, 9.17) is 4.74 Å². The molecule has 1 aromatic heterocycles. The van der Waals surface area contributed by atoms with Crippen molar-refractivity contribution in [1.29, 1.82) is 0 Å². The van der Waals surface area contributed by atoms with Crippen LogP contribution in [0.1, 0.15) is 22.4 Å². The maximum atomic E-state index is 12.5. The highest BCUT2D eigenvalue weighted by Crippen LogP contribution is 2.29. The molecule has 0 bridgehead atoms. The van der Waals surface area contributed by atoms with Crippen LogP contribution in [-0.2, 0) is 13.0 Å². The fraction of sp³-hybridized carbons (Fsp3) is 0.444. The largest absolute Gasteiger partial charge is 0.493 e. The van der Waals surface area contributed by atoms with Crippen LogP contribution in [0.15, 0.2) is 29.4 Å². The molecule has 0 unspecified atom stereocenters. The van der Waals surface area contributed by atoms with Crippen LogP contribution < -0.4 is 20.1 Å². The standard InChI is InChI=1S/C18H24F2N4O2S/c1-4-21-18(22-8-7-16-23-10-12(2)27-16)24-11-13-5-6-14(25-3)15(9-13)26-17(19)20/h5-6,9-10,17H,4,7-8,11H2,1-3H3,(H2,21,22,24). The number of benzene rings is 1. The molecule has 0 atom stereocenters. The summed E-state index contributed by atoms with van der Waals surface area (Å²) in [4.78, 5) is 10.0. The van der Waals surface area contributed by atoms with E-state index in [1.165, 1.54) is 18.1 Å². The van der Waals surface area contributed by atoms with Crippen LogP contribution in [0.2, 0.25) is 0 Å². The highest BCUT2D eigenvalue weighted by atomic mass is 32.1. The molecule has 0 saturated carbocycles. The van der Waals surface area contributed by atoms with Crippen molar-refractivity contribution in [3.8, 4) is 11.5 Å². The number of hydrogen-bond donors (Lipinski definition) is 2. The summed E-state index contributed by atoms with van der Waals surface area (Å²) >= 11 is 1.67. The van der Waals surface area contributed by atoms with E-state index in [-0.39, 0.29) is 11.5 Å². The molecule has 6 nitrogen and oxygen atoms in total. The van der Waals surface area contributed by atoms with Gasteiger partial charge < -0.3 is 20.1 Å². The molecule has 2 aromatic rings. The minimum Gasteiger partial charge on any atom is -0.493 e. The Labute approximate surface area is 161 Å². The molecule has 148 valence electrons. The Balaban J connectivity index is 1.98. The lowest BCUT2D eigenvalue weighted by Crippen LogP contribution is -2.38. The van der Waals surface area contributed by atoms with Gasteiger partial charge in [0.25, 0.3) is 0 Å². The van der Waals surface area contributed by atoms with Gasteiger partial charge in [-0.2, -0.15) is 8.78 Å². The third-order valence-corrected chi connectivity index (χ3v) is 4.48. The van der Waals surface area contributed by atoms with Gasteiger partial charge in [-0.15, -0.1) is 11.3 Å². The van der Waals surface area contributed by atoms with Crippen molar-refractivity contribution in [2.75, 3.05) is 20.2 Å². The van der Waals surface area contributed by atoms with Crippen LogP contribution in [0.4, 0.5) is 8.78 Å². The summed E-state index contributed by atoms with van der Waals surface area (Å²) in [7, 11) is 1.41. The molecule has 2 rings (SSSR count). The number of aliphatic imine (C=N–C) groups is 1. The molecule has 0 spiro atoms. The summed E-state index contributed by atoms with van der Waals surface area (Å²) < 4.78 is 34.6. The quantitative estimate of drug-likeness (QED) is 0.501. The van der Waals surface area contributed by atoms with Gasteiger partial charge in [0.05, 0.1) is 18.7 Å². The Morgan fingerprint density at radius 1 is 1.30 bits per heavy atom. The summed E-state index contributed by atoms with van der Waals surface area (Å²) in [6, 6.07) is 4.87. The molecule has 0 aliphatic rings. The number of halogens is 2. The van der Waals surface area contributed by atoms with Crippen molar-refractivity contribution in [2.45, 2.75) is 33.4 Å². The number of rotatable bonds is 9. The summed E-state index contributed by atoms with van der Waals surface area (Å²) in [6.07, 6.45) is 2.67. The summed E-state index contributed by atoms with van der Waals surface area (Å²) in [5.41, 5.74) is 0.735. The Morgan fingerprint density at radius 3 is 2.74 bits per heavy atom. The van der Waals surface area contributed by atoms with Crippen LogP contribution in [0.5, 0.6) is 11.5 Å². The third-order valence-electron chi connectivity index (χ3n) is 3.51. The zero-order valence-corrected chi connectivity index (χ0v) is 16.4. The number of guanidine groups is 1. The van der Waals surface area contributed by atoms with Gasteiger partial charge in [0.1, 0.15) is 0 Å². The maximum absolute atomic E-state index is 12.5. The number of ether oxygens (including phenoxy) is 2. The van der Waals surface area contributed by atoms with Gasteiger partial charge in [0.15, 0.2) is 17.5 Å². The van der Waals surface area contributed by atoms with E-state index in [1.54, 1.807) is 23.5 Å². The SMILES string of the molecule is CCNC(=NCc1ccc(OC)c(OC(F)F)c1)NCCc1ncc(C)s1. The molecule has 2 N–H and O–H groups in total. The average Bonchev–Trinajstić information content (AvgIpc) is 3.04. The predicted octanol–water partition coefficient (Wildman–Crippen LogP) is 3.36. The number of aryl methyl sites for hydroxylation is 1. The zero-order chi connectivity index (χ0) is 19.6. The van der Waals surface area contributed by atoms with E-state index in [1.807, 2.05) is 20.0 Å². The first-order valence-corrected chi connectivity index (χ1v) is 9.38. The van der Waals surface area contributed by atoms with Gasteiger partial charge in [-0.25, -0.2) is 9.98 Å². The minimum atomic E-state index is -2.91. The molecule has 9 heteroatoms. The molecule has 1 heterocycles. The highest BCUT2D eigenvalue weighted by Gasteiger charge is 2.11. The molecule has 0 aliphatic carbocycles. The Bertz CT molecular complexity index is 753. The fourth-order valence-corrected chi connectivity index (χ4v) is 3.11. The fourth-order valence-electron chi connectivity index (χ4n) is 2.32. The number of alkyl halides is 2. The Hall–Kier alpha value is -2.42. The van der Waals surface area contributed by atoms with Crippen LogP contribution >= 0.6 is 11.3 Å². The van der Waals surface area contributed by atoms with E-state index >= 15 is 0 Å². The average molecular weight is 398 g/mol. The first-order valence-electron chi connectivity index (χ1n) is 8.57. The van der Waals surface area contributed by atoms with E-state index in [0.29, 0.717) is 25.6 Å². The number of nitrogens with zero attached hydrogens (tertiary/aromatic N) is 2. The topological polar surface area (TPSA) is 67.8 Å². The first-order chi connectivity index (χ1) is 13.0. The van der Waals surface area contributed by atoms with Crippen molar-refractivity contribution in [3.63, 3.8) is 0 Å². The number of hydrogen-bond acceptors (Lipinski definition) is 5. The second-order valence-corrected chi connectivity index (χ2v) is 6.92. The van der Waals surface area contributed by atoms with E-state index < -0.39 is 6.61 Å². The molecule has 0 amide bonds. The smallest absolute Gasteiger partial charge is 0.387 e. The van der Waals surface area contributed by atoms with Crippen molar-refractivity contribution in [2.24, 2.45) is 4.99 Å². The lowest BCUT2D eigenvalue weighted by molar-refractivity contribution is -0.0512. The van der Waals surface area contributed by atoms with Gasteiger partial charge in [-0.3, -0.25) is 0 Å². The van der Waals surface area contributed by atoms with Crippen molar-refractivity contribution >= 4 is 17.3 Å². The third kappa shape index (κ3) is 7.01. The second kappa shape index (κ2) is 10.7. The maximum Gasteiger partial charge on any atom is 0.387 e. The summed E-state index contributed by atoms with van der Waals surface area (Å²) in [5.74, 6) is 0.905. The normalized spacial score (nSPS) is 11.6. The molecule has 0 saturated heterocycles. The molecular weight excluding hydrogens is 374 g/mol. The van der Waals surface area contributed by atoms with Gasteiger partial charge in [0.2, 0.25) is 0 Å². The summed E-state index contributed by atoms with van der Waals surface area (Å²) in [5, 5.41) is 7.48. The second-order valence-electron chi connectivity index (χ2n) is 5.60.